The van der Waals surface area contributed by atoms with Gasteiger partial charge in [-0.2, -0.15) is 0 Å². The van der Waals surface area contributed by atoms with Crippen molar-refractivity contribution in [3.63, 3.8) is 0 Å². The van der Waals surface area contributed by atoms with Crippen LogP contribution in [0, 0.1) is 13.8 Å². The molecule has 1 unspecified atom stereocenters. The molecule has 0 aromatic carbocycles. The van der Waals surface area contributed by atoms with E-state index in [1.165, 1.54) is 7.11 Å². The number of ether oxygens (including phenoxy) is 2. The van der Waals surface area contributed by atoms with Crippen LogP contribution in [0.4, 0.5) is 5.82 Å². The first-order valence-electron chi connectivity index (χ1n) is 5.87. The number of morpholine rings is 1. The molecule has 6 heteroatoms. The van der Waals surface area contributed by atoms with Crippen LogP contribution in [0.2, 0.25) is 0 Å². The van der Waals surface area contributed by atoms with Crippen molar-refractivity contribution >= 4 is 11.8 Å². The molecule has 2 rings (SSSR count). The van der Waals surface area contributed by atoms with Crippen molar-refractivity contribution < 1.29 is 14.3 Å². The van der Waals surface area contributed by atoms with Gasteiger partial charge >= 0.3 is 5.97 Å². The van der Waals surface area contributed by atoms with Crippen LogP contribution >= 0.6 is 0 Å². The van der Waals surface area contributed by atoms with E-state index in [1.54, 1.807) is 0 Å². The quantitative estimate of drug-likeness (QED) is 0.712. The number of esters is 1. The number of anilines is 1. The van der Waals surface area contributed by atoms with Crippen LogP contribution in [-0.4, -0.2) is 48.8 Å². The molecule has 1 aromatic rings. The van der Waals surface area contributed by atoms with E-state index in [2.05, 4.69) is 9.97 Å². The monoisotopic (exact) mass is 251 g/mol. The largest absolute Gasteiger partial charge is 0.467 e. The van der Waals surface area contributed by atoms with Crippen LogP contribution in [-0.2, 0) is 14.3 Å². The minimum Gasteiger partial charge on any atom is -0.467 e. The lowest BCUT2D eigenvalue weighted by Gasteiger charge is -2.32. The molecule has 0 saturated carbocycles. The number of hydrogen-bond acceptors (Lipinski definition) is 6. The second-order valence-corrected chi connectivity index (χ2v) is 4.24. The Kier molecular flexibility index (Phi) is 3.76. The zero-order valence-corrected chi connectivity index (χ0v) is 10.8. The van der Waals surface area contributed by atoms with Crippen molar-refractivity contribution in [3.8, 4) is 0 Å². The zero-order valence-electron chi connectivity index (χ0n) is 10.8. The summed E-state index contributed by atoms with van der Waals surface area (Å²) in [5, 5.41) is 0. The second-order valence-electron chi connectivity index (χ2n) is 4.24. The van der Waals surface area contributed by atoms with E-state index < -0.39 is 6.10 Å². The molecule has 1 aliphatic heterocycles. The predicted molar refractivity (Wildman–Crippen MR) is 65.5 cm³/mol. The number of aromatic nitrogens is 2. The summed E-state index contributed by atoms with van der Waals surface area (Å²) < 4.78 is 10.1. The highest BCUT2D eigenvalue weighted by atomic mass is 16.6. The van der Waals surface area contributed by atoms with Crippen molar-refractivity contribution in [2.75, 3.05) is 31.7 Å². The number of carbonyl (C=O) groups is 1. The normalized spacial score (nSPS) is 19.7. The summed E-state index contributed by atoms with van der Waals surface area (Å²) in [5.41, 5.74) is 0.915. The Morgan fingerprint density at radius 1 is 1.50 bits per heavy atom. The number of aryl methyl sites for hydroxylation is 2. The van der Waals surface area contributed by atoms with E-state index in [-0.39, 0.29) is 5.97 Å². The maximum Gasteiger partial charge on any atom is 0.336 e. The van der Waals surface area contributed by atoms with Gasteiger partial charge in [0.2, 0.25) is 0 Å². The van der Waals surface area contributed by atoms with E-state index in [4.69, 9.17) is 9.47 Å². The lowest BCUT2D eigenvalue weighted by Crippen LogP contribution is -2.47. The Labute approximate surface area is 106 Å². The minimum atomic E-state index is -0.542. The van der Waals surface area contributed by atoms with Gasteiger partial charge in [-0.15, -0.1) is 0 Å². The number of hydrogen-bond donors (Lipinski definition) is 0. The van der Waals surface area contributed by atoms with Gasteiger partial charge in [0.1, 0.15) is 11.6 Å². The molecule has 18 heavy (non-hydrogen) atoms. The van der Waals surface area contributed by atoms with Crippen LogP contribution in [0.1, 0.15) is 11.5 Å². The van der Waals surface area contributed by atoms with Crippen LogP contribution in [0.5, 0.6) is 0 Å². The van der Waals surface area contributed by atoms with Crippen LogP contribution in [0.3, 0.4) is 0 Å². The summed E-state index contributed by atoms with van der Waals surface area (Å²) in [4.78, 5) is 22.1. The molecule has 0 radical (unpaired) electrons. The number of rotatable bonds is 2. The summed E-state index contributed by atoms with van der Waals surface area (Å²) >= 11 is 0. The highest BCUT2D eigenvalue weighted by molar-refractivity contribution is 5.75. The van der Waals surface area contributed by atoms with Crippen molar-refractivity contribution in [2.45, 2.75) is 20.0 Å². The predicted octanol–water partition coefficient (Wildman–Crippen LogP) is 0.472. The fourth-order valence-electron chi connectivity index (χ4n) is 1.99. The number of carbonyl (C=O) groups excluding carboxylic acids is 1. The van der Waals surface area contributed by atoms with Crippen LogP contribution < -0.4 is 4.90 Å². The highest BCUT2D eigenvalue weighted by Crippen LogP contribution is 2.16. The molecular weight excluding hydrogens is 234 g/mol. The first-order valence-corrected chi connectivity index (χ1v) is 5.87. The Morgan fingerprint density at radius 3 is 2.94 bits per heavy atom. The first kappa shape index (κ1) is 12.8. The molecule has 0 bridgehead atoms. The molecule has 1 saturated heterocycles. The fourth-order valence-corrected chi connectivity index (χ4v) is 1.99. The molecule has 6 nitrogen and oxygen atoms in total. The van der Waals surface area contributed by atoms with Gasteiger partial charge in [0.15, 0.2) is 6.10 Å². The summed E-state index contributed by atoms with van der Waals surface area (Å²) in [6.45, 7) is 5.44. The Bertz CT molecular complexity index is 430. The summed E-state index contributed by atoms with van der Waals surface area (Å²) in [6.07, 6.45) is -0.542. The number of methoxy groups -OCH3 is 1. The lowest BCUT2D eigenvalue weighted by molar-refractivity contribution is -0.154. The first-order chi connectivity index (χ1) is 8.60. The van der Waals surface area contributed by atoms with Gasteiger partial charge in [0.25, 0.3) is 0 Å². The molecular formula is C12H17N3O3. The van der Waals surface area contributed by atoms with Crippen molar-refractivity contribution in [3.05, 3.63) is 17.6 Å². The molecule has 0 aliphatic carbocycles. The van der Waals surface area contributed by atoms with Crippen LogP contribution in [0.15, 0.2) is 6.07 Å². The smallest absolute Gasteiger partial charge is 0.336 e. The molecule has 1 aliphatic rings. The van der Waals surface area contributed by atoms with Gasteiger partial charge in [-0.1, -0.05) is 0 Å². The average Bonchev–Trinajstić information content (AvgIpc) is 2.37. The average molecular weight is 251 g/mol. The maximum atomic E-state index is 11.5. The number of nitrogens with zero attached hydrogens (tertiary/aromatic N) is 3. The summed E-state index contributed by atoms with van der Waals surface area (Å²) in [7, 11) is 1.36. The lowest BCUT2D eigenvalue weighted by atomic mass is 10.2. The topological polar surface area (TPSA) is 64.5 Å². The van der Waals surface area contributed by atoms with Gasteiger partial charge in [-0.3, -0.25) is 0 Å². The van der Waals surface area contributed by atoms with Crippen molar-refractivity contribution in [1.29, 1.82) is 0 Å². The third-order valence-electron chi connectivity index (χ3n) is 2.81. The maximum absolute atomic E-state index is 11.5. The summed E-state index contributed by atoms with van der Waals surface area (Å²) in [6, 6.07) is 1.91. The molecule has 1 fully saturated rings. The van der Waals surface area contributed by atoms with Gasteiger partial charge in [-0.05, 0) is 13.8 Å². The Hall–Kier alpha value is -1.69. The Morgan fingerprint density at radius 2 is 2.28 bits per heavy atom. The second kappa shape index (κ2) is 5.30. The van der Waals surface area contributed by atoms with E-state index in [0.717, 1.165) is 17.3 Å². The zero-order chi connectivity index (χ0) is 13.1. The van der Waals surface area contributed by atoms with E-state index >= 15 is 0 Å². The van der Waals surface area contributed by atoms with E-state index in [1.807, 2.05) is 24.8 Å². The van der Waals surface area contributed by atoms with E-state index in [9.17, 15) is 4.79 Å². The van der Waals surface area contributed by atoms with E-state index in [0.29, 0.717) is 19.7 Å². The molecule has 1 aromatic heterocycles. The third-order valence-corrected chi connectivity index (χ3v) is 2.81. The summed E-state index contributed by atoms with van der Waals surface area (Å²) in [5.74, 6) is 1.21. The van der Waals surface area contributed by atoms with Gasteiger partial charge in [0, 0.05) is 18.3 Å². The van der Waals surface area contributed by atoms with Gasteiger partial charge in [-0.25, -0.2) is 14.8 Å². The standard InChI is InChI=1S/C12H17N3O3/c1-8-6-11(14-9(2)13-8)15-4-5-18-10(7-15)12(16)17-3/h6,10H,4-5,7H2,1-3H3. The third kappa shape index (κ3) is 2.76. The van der Waals surface area contributed by atoms with Crippen molar-refractivity contribution in [1.82, 2.24) is 9.97 Å². The minimum absolute atomic E-state index is 0.345. The molecule has 2 heterocycles. The molecule has 1 atom stereocenters. The van der Waals surface area contributed by atoms with Crippen molar-refractivity contribution in [2.24, 2.45) is 0 Å². The molecule has 0 amide bonds. The fraction of sp³-hybridized carbons (Fsp3) is 0.583. The van der Waals surface area contributed by atoms with Gasteiger partial charge in [0.05, 0.1) is 20.3 Å². The van der Waals surface area contributed by atoms with Crippen LogP contribution in [0.25, 0.3) is 0 Å². The molecule has 98 valence electrons. The molecule has 0 N–H and O–H groups in total. The SMILES string of the molecule is COC(=O)C1CN(c2cc(C)nc(C)n2)CCO1. The van der Waals surface area contributed by atoms with Gasteiger partial charge < -0.3 is 14.4 Å². The highest BCUT2D eigenvalue weighted by Gasteiger charge is 2.28. The Balaban J connectivity index is 2.15. The molecule has 0 spiro atoms.